The Bertz CT molecular complexity index is 511. The highest BCUT2D eigenvalue weighted by Crippen LogP contribution is 2.14. The lowest BCUT2D eigenvalue weighted by atomic mass is 10.1. The third kappa shape index (κ3) is 4.36. The van der Waals surface area contributed by atoms with Gasteiger partial charge >= 0.3 is 0 Å². The zero-order valence-corrected chi connectivity index (χ0v) is 11.9. The molecular weight excluding hydrogens is 257 g/mol. The first-order valence-corrected chi connectivity index (χ1v) is 6.82. The highest BCUT2D eigenvalue weighted by molar-refractivity contribution is 5.96. The minimum Gasteiger partial charge on any atom is -0.384 e. The van der Waals surface area contributed by atoms with Crippen LogP contribution in [0.4, 0.5) is 4.39 Å². The van der Waals surface area contributed by atoms with Gasteiger partial charge < -0.3 is 10.0 Å². The van der Waals surface area contributed by atoms with Gasteiger partial charge in [0.05, 0.1) is 5.56 Å². The van der Waals surface area contributed by atoms with Crippen LogP contribution < -0.4 is 0 Å². The molecule has 1 aromatic rings. The summed E-state index contributed by atoms with van der Waals surface area (Å²) in [4.78, 5) is 14.2. The maximum absolute atomic E-state index is 13.4. The molecule has 0 aromatic heterocycles. The van der Waals surface area contributed by atoms with Crippen molar-refractivity contribution < 1.29 is 14.3 Å². The third-order valence-corrected chi connectivity index (χ3v) is 2.79. The van der Waals surface area contributed by atoms with Crippen molar-refractivity contribution in [2.45, 2.75) is 26.7 Å². The zero-order chi connectivity index (χ0) is 15.0. The van der Waals surface area contributed by atoms with Crippen LogP contribution in [0.2, 0.25) is 0 Å². The van der Waals surface area contributed by atoms with Gasteiger partial charge in [-0.3, -0.25) is 4.79 Å². The van der Waals surface area contributed by atoms with Crippen molar-refractivity contribution in [3.05, 3.63) is 35.1 Å². The van der Waals surface area contributed by atoms with Crippen molar-refractivity contribution in [1.82, 2.24) is 4.90 Å². The molecule has 0 heterocycles. The molecule has 0 radical (unpaired) electrons. The average molecular weight is 277 g/mol. The topological polar surface area (TPSA) is 40.5 Å². The summed E-state index contributed by atoms with van der Waals surface area (Å²) in [6, 6.07) is 3.95. The Hall–Kier alpha value is -1.86. The second-order valence-electron chi connectivity index (χ2n) is 4.44. The summed E-state index contributed by atoms with van der Waals surface area (Å²) in [7, 11) is 0. The van der Waals surface area contributed by atoms with Crippen LogP contribution >= 0.6 is 0 Å². The first-order valence-electron chi connectivity index (χ1n) is 6.82. The number of hydrogen-bond donors (Lipinski definition) is 1. The Balaban J connectivity index is 3.14. The summed E-state index contributed by atoms with van der Waals surface area (Å²) in [5.41, 5.74) is 0.704. The maximum atomic E-state index is 13.4. The van der Waals surface area contributed by atoms with Gasteiger partial charge in [-0.15, -0.1) is 0 Å². The van der Waals surface area contributed by atoms with Crippen LogP contribution in [0.15, 0.2) is 18.2 Å². The first-order chi connectivity index (χ1) is 9.63. The van der Waals surface area contributed by atoms with E-state index in [4.69, 9.17) is 5.11 Å². The van der Waals surface area contributed by atoms with E-state index in [2.05, 4.69) is 11.8 Å². The highest BCUT2D eigenvalue weighted by atomic mass is 19.1. The van der Waals surface area contributed by atoms with Crippen molar-refractivity contribution >= 4 is 5.91 Å². The monoisotopic (exact) mass is 277 g/mol. The largest absolute Gasteiger partial charge is 0.384 e. The summed E-state index contributed by atoms with van der Waals surface area (Å²) in [5, 5.41) is 8.75. The van der Waals surface area contributed by atoms with E-state index in [-0.39, 0.29) is 18.1 Å². The Morgan fingerprint density at radius 3 is 2.50 bits per heavy atom. The minimum absolute atomic E-state index is 0.213. The number of carbonyl (C=O) groups excluding carboxylic acids is 1. The van der Waals surface area contributed by atoms with Crippen LogP contribution in [0.25, 0.3) is 0 Å². The predicted molar refractivity (Wildman–Crippen MR) is 76.8 cm³/mol. The lowest BCUT2D eigenvalue weighted by molar-refractivity contribution is 0.0755. The van der Waals surface area contributed by atoms with Gasteiger partial charge in [0.25, 0.3) is 5.91 Å². The number of rotatable bonds is 5. The molecule has 1 amide bonds. The molecule has 20 heavy (non-hydrogen) atoms. The van der Waals surface area contributed by atoms with E-state index < -0.39 is 5.82 Å². The maximum Gasteiger partial charge on any atom is 0.255 e. The van der Waals surface area contributed by atoms with E-state index >= 15 is 0 Å². The number of amides is 1. The second kappa shape index (κ2) is 8.34. The molecule has 0 aliphatic heterocycles. The predicted octanol–water partition coefficient (Wildman–Crippen LogP) is 2.43. The fourth-order valence-electron chi connectivity index (χ4n) is 1.96. The quantitative estimate of drug-likeness (QED) is 0.840. The Kier molecular flexibility index (Phi) is 6.75. The van der Waals surface area contributed by atoms with Crippen molar-refractivity contribution in [2.75, 3.05) is 19.7 Å². The zero-order valence-electron chi connectivity index (χ0n) is 11.9. The number of nitrogens with zero attached hydrogens (tertiary/aromatic N) is 1. The first kappa shape index (κ1) is 16.2. The number of carbonyl (C=O) groups is 1. The molecule has 0 saturated heterocycles. The lowest BCUT2D eigenvalue weighted by Gasteiger charge is -2.22. The summed E-state index contributed by atoms with van der Waals surface area (Å²) < 4.78 is 13.4. The van der Waals surface area contributed by atoms with Crippen LogP contribution in [0, 0.1) is 17.7 Å². The van der Waals surface area contributed by atoms with Crippen LogP contribution in [0.1, 0.15) is 42.6 Å². The molecule has 0 atom stereocenters. The van der Waals surface area contributed by atoms with Gasteiger partial charge in [-0.2, -0.15) is 0 Å². The normalized spacial score (nSPS) is 9.80. The fraction of sp³-hybridized carbons (Fsp3) is 0.438. The van der Waals surface area contributed by atoms with Crippen LogP contribution in [-0.4, -0.2) is 35.6 Å². The Morgan fingerprint density at radius 1 is 1.30 bits per heavy atom. The summed E-state index contributed by atoms with van der Waals surface area (Å²) in [6.45, 7) is 4.97. The van der Waals surface area contributed by atoms with Crippen molar-refractivity contribution in [1.29, 1.82) is 0 Å². The summed E-state index contributed by atoms with van der Waals surface area (Å²) in [6.07, 6.45) is 1.69. The van der Waals surface area contributed by atoms with E-state index in [0.717, 1.165) is 12.8 Å². The van der Waals surface area contributed by atoms with Gasteiger partial charge in [0.15, 0.2) is 0 Å². The standard InChI is InChI=1S/C16H20FNO2/c1-3-9-18(10-4-2)16(20)15-12-14(17)8-7-13(15)6-5-11-19/h7-8,12,19H,3-4,9-11H2,1-2H3. The van der Waals surface area contributed by atoms with Crippen LogP contribution in [-0.2, 0) is 0 Å². The molecule has 0 aliphatic carbocycles. The Morgan fingerprint density at radius 2 is 1.95 bits per heavy atom. The molecule has 0 aliphatic rings. The molecule has 1 aromatic carbocycles. The highest BCUT2D eigenvalue weighted by Gasteiger charge is 2.17. The van der Waals surface area contributed by atoms with Crippen LogP contribution in [0.3, 0.4) is 0 Å². The molecule has 108 valence electrons. The second-order valence-corrected chi connectivity index (χ2v) is 4.44. The van der Waals surface area contributed by atoms with E-state index in [1.165, 1.54) is 18.2 Å². The molecule has 0 unspecified atom stereocenters. The van der Waals surface area contributed by atoms with E-state index in [9.17, 15) is 9.18 Å². The molecule has 0 saturated carbocycles. The van der Waals surface area contributed by atoms with Crippen molar-refractivity contribution in [3.8, 4) is 11.8 Å². The molecule has 0 fully saturated rings. The Labute approximate surface area is 119 Å². The van der Waals surface area contributed by atoms with Crippen molar-refractivity contribution in [2.24, 2.45) is 0 Å². The van der Waals surface area contributed by atoms with Gasteiger partial charge in [-0.25, -0.2) is 4.39 Å². The van der Waals surface area contributed by atoms with Gasteiger partial charge in [-0.05, 0) is 31.0 Å². The SMILES string of the molecule is CCCN(CCC)C(=O)c1cc(F)ccc1C#CCO. The number of aliphatic hydroxyl groups excluding tert-OH is 1. The molecular formula is C16H20FNO2. The third-order valence-electron chi connectivity index (χ3n) is 2.79. The number of aliphatic hydroxyl groups is 1. The van der Waals surface area contributed by atoms with Gasteiger partial charge in [0, 0.05) is 18.7 Å². The average Bonchev–Trinajstić information content (AvgIpc) is 2.45. The number of halogens is 1. The number of benzene rings is 1. The summed E-state index contributed by atoms with van der Waals surface area (Å²) in [5.74, 6) is 4.52. The molecule has 3 nitrogen and oxygen atoms in total. The van der Waals surface area contributed by atoms with E-state index in [1.807, 2.05) is 13.8 Å². The fourth-order valence-corrected chi connectivity index (χ4v) is 1.96. The van der Waals surface area contributed by atoms with Gasteiger partial charge in [0.1, 0.15) is 12.4 Å². The van der Waals surface area contributed by atoms with Gasteiger partial charge in [0.2, 0.25) is 0 Å². The number of hydrogen-bond acceptors (Lipinski definition) is 2. The minimum atomic E-state index is -0.462. The molecule has 4 heteroatoms. The van der Waals surface area contributed by atoms with Gasteiger partial charge in [-0.1, -0.05) is 25.7 Å². The molecule has 1 N–H and O–H groups in total. The van der Waals surface area contributed by atoms with Crippen LogP contribution in [0.5, 0.6) is 0 Å². The van der Waals surface area contributed by atoms with Crippen molar-refractivity contribution in [3.63, 3.8) is 0 Å². The molecule has 1 rings (SSSR count). The van der Waals surface area contributed by atoms with E-state index in [0.29, 0.717) is 18.7 Å². The van der Waals surface area contributed by atoms with E-state index in [1.54, 1.807) is 4.90 Å². The molecule has 0 bridgehead atoms. The summed E-state index contributed by atoms with van der Waals surface area (Å²) >= 11 is 0. The lowest BCUT2D eigenvalue weighted by Crippen LogP contribution is -2.33. The smallest absolute Gasteiger partial charge is 0.255 e. The molecule has 0 spiro atoms.